The number of hydrogen-bond donors (Lipinski definition) is 0. The quantitative estimate of drug-likeness (QED) is 0.178. The summed E-state index contributed by atoms with van der Waals surface area (Å²) in [5.41, 5.74) is 20.3. The molecule has 0 amide bonds. The van der Waals surface area contributed by atoms with E-state index < -0.39 is 0 Å². The lowest BCUT2D eigenvalue weighted by Gasteiger charge is -2.54. The number of fused-ring (bicyclic) bond motifs is 15. The topological polar surface area (TPSA) is 16.4 Å². The molecule has 6 aliphatic carbocycles. The van der Waals surface area contributed by atoms with Crippen molar-refractivity contribution >= 4 is 39.0 Å². The van der Waals surface area contributed by atoms with Crippen LogP contribution in [-0.4, -0.2) is 0 Å². The van der Waals surface area contributed by atoms with E-state index in [1.807, 2.05) is 0 Å². The molecule has 0 radical (unpaired) electrons. The summed E-state index contributed by atoms with van der Waals surface area (Å²) in [4.78, 5) is 2.43. The van der Waals surface area contributed by atoms with Crippen molar-refractivity contribution in [3.8, 4) is 33.4 Å². The molecule has 7 aromatic carbocycles. The molecule has 58 heavy (non-hydrogen) atoms. The zero-order valence-corrected chi connectivity index (χ0v) is 33.1. The van der Waals surface area contributed by atoms with Gasteiger partial charge in [-0.25, -0.2) is 0 Å². The van der Waals surface area contributed by atoms with Gasteiger partial charge in [0.1, 0.15) is 11.2 Å². The van der Waals surface area contributed by atoms with Gasteiger partial charge in [0.25, 0.3) is 0 Å². The van der Waals surface area contributed by atoms with Gasteiger partial charge in [-0.15, -0.1) is 0 Å². The van der Waals surface area contributed by atoms with Crippen LogP contribution in [0.3, 0.4) is 0 Å². The molecule has 14 rings (SSSR count). The maximum absolute atomic E-state index is 6.48. The predicted octanol–water partition coefficient (Wildman–Crippen LogP) is 14.8. The minimum atomic E-state index is -0.0983. The molecule has 4 saturated carbocycles. The number of nitrogens with zero attached hydrogens (tertiary/aromatic N) is 1. The smallest absolute Gasteiger partial charge is 0.137 e. The van der Waals surface area contributed by atoms with Crippen molar-refractivity contribution in [2.45, 2.75) is 56.8 Å². The van der Waals surface area contributed by atoms with Crippen molar-refractivity contribution < 1.29 is 4.42 Å². The monoisotopic (exact) mass is 747 g/mol. The Hall–Kier alpha value is -5.86. The van der Waals surface area contributed by atoms with Crippen LogP contribution >= 0.6 is 0 Å². The van der Waals surface area contributed by atoms with Gasteiger partial charge in [-0.2, -0.15) is 0 Å². The highest BCUT2D eigenvalue weighted by atomic mass is 16.3. The number of hydrogen-bond acceptors (Lipinski definition) is 2. The summed E-state index contributed by atoms with van der Waals surface area (Å²) in [5.74, 6) is 3.49. The van der Waals surface area contributed by atoms with E-state index in [0.29, 0.717) is 5.41 Å². The average molecular weight is 748 g/mol. The first-order valence-electron chi connectivity index (χ1n) is 21.7. The second kappa shape index (κ2) is 10.8. The molecule has 0 saturated heterocycles. The lowest BCUT2D eigenvalue weighted by atomic mass is 9.49. The molecule has 2 spiro atoms. The molecule has 0 N–H and O–H groups in total. The third kappa shape index (κ3) is 3.77. The van der Waals surface area contributed by atoms with Gasteiger partial charge in [-0.3, -0.25) is 0 Å². The Kier molecular flexibility index (Phi) is 5.98. The number of benzene rings is 7. The number of rotatable bonds is 4. The molecule has 2 nitrogen and oxygen atoms in total. The van der Waals surface area contributed by atoms with E-state index in [-0.39, 0.29) is 10.8 Å². The van der Waals surface area contributed by atoms with Crippen LogP contribution in [0.4, 0.5) is 17.1 Å². The Labute approximate surface area is 340 Å². The molecular weight excluding hydrogens is 703 g/mol. The normalized spacial score (nSPS) is 27.1. The van der Waals surface area contributed by atoms with Gasteiger partial charge in [0.2, 0.25) is 0 Å². The van der Waals surface area contributed by atoms with Gasteiger partial charge in [0.15, 0.2) is 0 Å². The first kappa shape index (κ1) is 32.1. The Morgan fingerprint density at radius 3 is 2.07 bits per heavy atom. The minimum Gasteiger partial charge on any atom is -0.456 e. The fourth-order valence-electron chi connectivity index (χ4n) is 14.7. The fourth-order valence-corrected chi connectivity index (χ4v) is 14.7. The summed E-state index contributed by atoms with van der Waals surface area (Å²) in [6.07, 6.45) is 7.30. The van der Waals surface area contributed by atoms with Crippen LogP contribution in [0.25, 0.3) is 55.3 Å². The highest BCUT2D eigenvalue weighted by Gasteiger charge is 2.76. The summed E-state index contributed by atoms with van der Waals surface area (Å²) in [6, 6.07) is 57.4. The summed E-state index contributed by atoms with van der Waals surface area (Å²) < 4.78 is 6.48. The molecule has 1 heterocycles. The predicted molar refractivity (Wildman–Crippen MR) is 237 cm³/mol. The summed E-state index contributed by atoms with van der Waals surface area (Å²) in [7, 11) is 0. The van der Waals surface area contributed by atoms with E-state index >= 15 is 0 Å². The van der Waals surface area contributed by atoms with E-state index in [1.165, 1.54) is 76.6 Å². The molecule has 8 aromatic rings. The minimum absolute atomic E-state index is 0.0983. The van der Waals surface area contributed by atoms with Crippen LogP contribution < -0.4 is 4.90 Å². The fraction of sp³-hybridized carbons (Fsp3) is 0.250. The van der Waals surface area contributed by atoms with Gasteiger partial charge in [-0.05, 0) is 159 Å². The van der Waals surface area contributed by atoms with Crippen molar-refractivity contribution in [1.29, 1.82) is 0 Å². The highest BCUT2D eigenvalue weighted by Crippen LogP contribution is 2.83. The van der Waals surface area contributed by atoms with Gasteiger partial charge in [-0.1, -0.05) is 117 Å². The van der Waals surface area contributed by atoms with Gasteiger partial charge < -0.3 is 9.32 Å². The van der Waals surface area contributed by atoms with Crippen molar-refractivity contribution in [1.82, 2.24) is 0 Å². The zero-order valence-electron chi connectivity index (χ0n) is 33.1. The van der Waals surface area contributed by atoms with Crippen LogP contribution in [0.5, 0.6) is 0 Å². The van der Waals surface area contributed by atoms with E-state index in [1.54, 1.807) is 11.1 Å². The zero-order chi connectivity index (χ0) is 38.1. The van der Waals surface area contributed by atoms with Gasteiger partial charge in [0.05, 0.1) is 0 Å². The Morgan fingerprint density at radius 1 is 0.500 bits per heavy atom. The lowest BCUT2D eigenvalue weighted by molar-refractivity contribution is -0.0193. The summed E-state index contributed by atoms with van der Waals surface area (Å²) in [6.45, 7) is 4.74. The van der Waals surface area contributed by atoms with E-state index in [2.05, 4.69) is 170 Å². The Balaban J connectivity index is 0.918. The van der Waals surface area contributed by atoms with E-state index in [9.17, 15) is 0 Å². The van der Waals surface area contributed by atoms with E-state index in [0.717, 1.165) is 62.7 Å². The molecule has 1 aromatic heterocycles. The molecule has 6 aliphatic rings. The number of furan rings is 1. The SMILES string of the molecule is CC1(C)c2ccccc2-c2ccc(N(c3ccc(-c4cccc5c4-c4ccccc4C54C5CC6CC7CC4C7(C6)C5)cc3)c3ccc4c(c3)oc3ccccc34)cc21. The standard InChI is InChI=1S/C56H45NO/c1-54(2)46-14-6-3-10-41(46)42-24-22-38(29-49(42)54)57(39-23-25-44-43-11-5-8-17-50(43)58-51(44)30-39)37-20-18-34(19-21-37)40-13-9-16-48-53(40)45-12-4-7-15-47(45)56(48)36-27-33-26-35-28-52(56)55(35,31-33)32-36/h3-25,29-30,33,35-36,52H,26-28,31-32H2,1-2H3. The molecule has 280 valence electrons. The molecular formula is C56H45NO. The molecule has 6 atom stereocenters. The van der Waals surface area contributed by atoms with Crippen LogP contribution in [0.2, 0.25) is 0 Å². The van der Waals surface area contributed by atoms with Gasteiger partial charge in [0, 0.05) is 44.7 Å². The largest absolute Gasteiger partial charge is 0.456 e. The maximum Gasteiger partial charge on any atom is 0.137 e. The first-order valence-corrected chi connectivity index (χ1v) is 21.7. The third-order valence-corrected chi connectivity index (χ3v) is 16.8. The maximum atomic E-state index is 6.48. The van der Waals surface area contributed by atoms with Crippen molar-refractivity contribution in [2.75, 3.05) is 4.90 Å². The van der Waals surface area contributed by atoms with Crippen LogP contribution in [0, 0.1) is 29.1 Å². The summed E-state index contributed by atoms with van der Waals surface area (Å²) >= 11 is 0. The second-order valence-corrected chi connectivity index (χ2v) is 19.4. The molecule has 0 aliphatic heterocycles. The molecule has 2 heteroatoms. The van der Waals surface area contributed by atoms with Crippen LogP contribution in [0.1, 0.15) is 68.2 Å². The molecule has 6 unspecified atom stereocenters. The van der Waals surface area contributed by atoms with Crippen molar-refractivity contribution in [3.63, 3.8) is 0 Å². The first-order chi connectivity index (χ1) is 28.4. The van der Waals surface area contributed by atoms with Crippen LogP contribution in [-0.2, 0) is 10.8 Å². The summed E-state index contributed by atoms with van der Waals surface area (Å²) in [5, 5.41) is 2.30. The number of anilines is 3. The third-order valence-electron chi connectivity index (χ3n) is 16.8. The van der Waals surface area contributed by atoms with Crippen molar-refractivity contribution in [2.24, 2.45) is 29.1 Å². The number of para-hydroxylation sites is 1. The Morgan fingerprint density at radius 2 is 1.17 bits per heavy atom. The van der Waals surface area contributed by atoms with E-state index in [4.69, 9.17) is 4.42 Å². The lowest BCUT2D eigenvalue weighted by Crippen LogP contribution is -2.50. The van der Waals surface area contributed by atoms with Crippen molar-refractivity contribution in [3.05, 3.63) is 174 Å². The molecule has 3 bridgehead atoms. The molecule has 4 fully saturated rings. The highest BCUT2D eigenvalue weighted by molar-refractivity contribution is 6.06. The van der Waals surface area contributed by atoms with Crippen LogP contribution in [0.15, 0.2) is 156 Å². The Bertz CT molecular complexity index is 3070. The second-order valence-electron chi connectivity index (χ2n) is 19.4. The van der Waals surface area contributed by atoms with Gasteiger partial charge >= 0.3 is 0 Å². The average Bonchev–Trinajstić information content (AvgIpc) is 3.94.